The molecule has 0 aliphatic carbocycles. The van der Waals surface area contributed by atoms with Crippen molar-refractivity contribution in [3.8, 4) is 0 Å². The maximum absolute atomic E-state index is 9.06. The van der Waals surface area contributed by atoms with Gasteiger partial charge in [-0.05, 0) is 0 Å². The first-order valence-electron chi connectivity index (χ1n) is 1.86. The molecule has 0 fully saturated rings. The van der Waals surface area contributed by atoms with E-state index in [0.717, 1.165) is 6.92 Å². The average molecular weight is 134 g/mol. The predicted octanol–water partition coefficient (Wildman–Crippen LogP) is -0.612. The second kappa shape index (κ2) is 6.47. The van der Waals surface area contributed by atoms with E-state index in [-0.39, 0.29) is 16.3 Å². The maximum atomic E-state index is 9.06. The van der Waals surface area contributed by atoms with Crippen molar-refractivity contribution in [2.24, 2.45) is 0 Å². The highest BCUT2D eigenvalue weighted by atomic mass is 27.0. The van der Waals surface area contributed by atoms with Crippen molar-refractivity contribution in [3.05, 3.63) is 0 Å². The smallest absolute Gasteiger partial charge is 0.387 e. The second-order valence-corrected chi connectivity index (χ2v) is 1.89. The summed E-state index contributed by atoms with van der Waals surface area (Å²) >= 11 is 0.265. The van der Waals surface area contributed by atoms with Crippen molar-refractivity contribution in [3.63, 3.8) is 0 Å². The van der Waals surface area contributed by atoms with Gasteiger partial charge in [-0.1, -0.05) is 0 Å². The zero-order chi connectivity index (χ0) is 7.15. The Bertz CT molecular complexity index is 69.3. The van der Waals surface area contributed by atoms with E-state index in [0.29, 0.717) is 0 Å². The van der Waals surface area contributed by atoms with Gasteiger partial charge < -0.3 is 10.2 Å². The first-order chi connectivity index (χ1) is 3.46. The minimum Gasteiger partial charge on any atom is -0.497 e. The molecule has 0 aliphatic heterocycles. The Labute approximate surface area is 54.5 Å². The molecule has 0 amide bonds. The first kappa shape index (κ1) is 10.5. The van der Waals surface area contributed by atoms with Crippen LogP contribution >= 0.6 is 0 Å². The van der Waals surface area contributed by atoms with E-state index < -0.39 is 10.8 Å². The molecule has 5 heteroatoms. The Hall–Kier alpha value is -0.528. The zero-order valence-corrected chi connectivity index (χ0v) is 6.71. The Morgan fingerprint density at radius 3 is 1.38 bits per heavy atom. The van der Waals surface area contributed by atoms with E-state index >= 15 is 0 Å². The van der Waals surface area contributed by atoms with Crippen LogP contribution in [0.2, 0.25) is 0 Å². The highest BCUT2D eigenvalue weighted by Crippen LogP contribution is 1.42. The van der Waals surface area contributed by atoms with Crippen molar-refractivity contribution >= 4 is 27.1 Å². The molecular formula is C3H7AlO4. The van der Waals surface area contributed by atoms with E-state index in [1.165, 1.54) is 0 Å². The van der Waals surface area contributed by atoms with Gasteiger partial charge in [0.1, 0.15) is 0 Å². The quantitative estimate of drug-likeness (QED) is 0.433. The zero-order valence-electron chi connectivity index (χ0n) is 4.71. The number of hydrogen-bond donors (Lipinski definition) is 2. The van der Waals surface area contributed by atoms with Crippen LogP contribution < -0.4 is 0 Å². The SMILES string of the molecule is CC(=O)O.O=[C](O)[AlH2]. The van der Waals surface area contributed by atoms with Crippen molar-refractivity contribution in [2.45, 2.75) is 6.92 Å². The molecular weight excluding hydrogens is 127 g/mol. The van der Waals surface area contributed by atoms with E-state index in [1.807, 2.05) is 0 Å². The van der Waals surface area contributed by atoms with Crippen molar-refractivity contribution < 1.29 is 19.8 Å². The molecule has 0 heterocycles. The van der Waals surface area contributed by atoms with Gasteiger partial charge in [-0.25, -0.2) is 0 Å². The summed E-state index contributed by atoms with van der Waals surface area (Å²) in [6.45, 7) is 1.08. The lowest BCUT2D eigenvalue weighted by atomic mass is 10.9. The summed E-state index contributed by atoms with van der Waals surface area (Å²) in [7, 11) is 0. The molecule has 46 valence electrons. The summed E-state index contributed by atoms with van der Waals surface area (Å²) in [4.78, 5) is 17.4. The van der Waals surface area contributed by atoms with E-state index in [4.69, 9.17) is 19.8 Å². The number of carbonyl (C=O) groups is 2. The summed E-state index contributed by atoms with van der Waals surface area (Å²) in [6.07, 6.45) is 0. The third kappa shape index (κ3) is 393. The van der Waals surface area contributed by atoms with Gasteiger partial charge in [0.25, 0.3) is 5.97 Å². The highest BCUT2D eigenvalue weighted by molar-refractivity contribution is 6.54. The molecule has 4 nitrogen and oxygen atoms in total. The van der Waals surface area contributed by atoms with E-state index in [9.17, 15) is 0 Å². The topological polar surface area (TPSA) is 74.6 Å². The van der Waals surface area contributed by atoms with E-state index in [2.05, 4.69) is 0 Å². The van der Waals surface area contributed by atoms with Crippen LogP contribution in [0.15, 0.2) is 0 Å². The van der Waals surface area contributed by atoms with Crippen LogP contribution in [-0.4, -0.2) is 37.3 Å². The normalized spacial score (nSPS) is 6.12. The lowest BCUT2D eigenvalue weighted by molar-refractivity contribution is -0.134. The van der Waals surface area contributed by atoms with Crippen LogP contribution in [0.5, 0.6) is 0 Å². The molecule has 0 atom stereocenters. The van der Waals surface area contributed by atoms with Gasteiger partial charge in [0.05, 0.1) is 0 Å². The van der Waals surface area contributed by atoms with Crippen LogP contribution in [0.25, 0.3) is 0 Å². The average Bonchev–Trinajstić information content (AvgIpc) is 1.25. The minimum atomic E-state index is -0.833. The standard InChI is InChI=1S/C2H4O2.CHO2.Al.2H/c1-2(3)4;2-1-3;;;/h1H3,(H,3,4);(H,2,3);;;. The fourth-order valence-electron chi connectivity index (χ4n) is 0. The van der Waals surface area contributed by atoms with Crippen molar-refractivity contribution in [2.75, 3.05) is 0 Å². The Balaban J connectivity index is 0. The third-order valence-electron chi connectivity index (χ3n) is 0. The molecule has 0 rings (SSSR count). The molecule has 0 aliphatic rings. The van der Waals surface area contributed by atoms with Gasteiger partial charge in [0, 0.05) is 6.92 Å². The molecule has 0 aromatic carbocycles. The van der Waals surface area contributed by atoms with Crippen molar-refractivity contribution in [1.82, 2.24) is 0 Å². The lowest BCUT2D eigenvalue weighted by Crippen LogP contribution is -1.83. The van der Waals surface area contributed by atoms with Gasteiger partial charge in [0.2, 0.25) is 0 Å². The van der Waals surface area contributed by atoms with Gasteiger partial charge in [-0.2, -0.15) is 0 Å². The van der Waals surface area contributed by atoms with Crippen LogP contribution in [0.4, 0.5) is 4.79 Å². The third-order valence-corrected chi connectivity index (χ3v) is 0. The summed E-state index contributed by atoms with van der Waals surface area (Å²) < 4.78 is 0. The Kier molecular flexibility index (Phi) is 8.46. The number of aliphatic carboxylic acids is 1. The molecule has 8 heavy (non-hydrogen) atoms. The summed E-state index contributed by atoms with van der Waals surface area (Å²) in [5.74, 6) is -0.833. The number of carboxylic acid groups (broad SMARTS) is 2. The molecule has 2 N–H and O–H groups in total. The fraction of sp³-hybridized carbons (Fsp3) is 0.333. The summed E-state index contributed by atoms with van der Waals surface area (Å²) in [5.41, 5.74) is 0. The van der Waals surface area contributed by atoms with Gasteiger partial charge >= 0.3 is 16.3 Å². The largest absolute Gasteiger partial charge is 0.497 e. The van der Waals surface area contributed by atoms with Crippen LogP contribution in [0, 0.1) is 0 Å². The summed E-state index contributed by atoms with van der Waals surface area (Å²) in [5, 5.41) is 14.9. The monoisotopic (exact) mass is 134 g/mol. The molecule has 0 aromatic heterocycles. The van der Waals surface area contributed by atoms with Crippen LogP contribution in [0.1, 0.15) is 6.92 Å². The maximum Gasteiger partial charge on any atom is 0.387 e. The molecule has 0 aromatic rings. The van der Waals surface area contributed by atoms with Crippen LogP contribution in [0.3, 0.4) is 0 Å². The molecule has 0 radical (unpaired) electrons. The van der Waals surface area contributed by atoms with Gasteiger partial charge in [-0.3, -0.25) is 9.59 Å². The highest BCUT2D eigenvalue weighted by Gasteiger charge is 1.68. The fourth-order valence-corrected chi connectivity index (χ4v) is 0. The molecule has 0 bridgehead atoms. The Morgan fingerprint density at radius 1 is 1.38 bits per heavy atom. The number of hydrogen-bond acceptors (Lipinski definition) is 2. The predicted molar refractivity (Wildman–Crippen MR) is 29.9 cm³/mol. The molecule has 0 unspecified atom stereocenters. The number of carboxylic acids is 1. The Morgan fingerprint density at radius 2 is 1.38 bits per heavy atom. The van der Waals surface area contributed by atoms with Crippen molar-refractivity contribution in [1.29, 1.82) is 0 Å². The summed E-state index contributed by atoms with van der Waals surface area (Å²) in [6, 6.07) is 0. The minimum absolute atomic E-state index is 0.265. The molecule has 0 spiro atoms. The van der Waals surface area contributed by atoms with E-state index in [1.54, 1.807) is 0 Å². The second-order valence-electron chi connectivity index (χ2n) is 1.04. The first-order valence-corrected chi connectivity index (χ1v) is 2.86. The molecule has 0 saturated heterocycles. The lowest BCUT2D eigenvalue weighted by Gasteiger charge is -1.60. The van der Waals surface area contributed by atoms with Crippen LogP contribution in [-0.2, 0) is 4.79 Å². The number of rotatable bonds is 0. The van der Waals surface area contributed by atoms with Gasteiger partial charge in [0.15, 0.2) is 4.83 Å². The molecule has 0 saturated carbocycles. The van der Waals surface area contributed by atoms with Gasteiger partial charge in [-0.15, -0.1) is 0 Å².